The lowest BCUT2D eigenvalue weighted by molar-refractivity contribution is -0.160. The number of hydrogen-bond donors (Lipinski definition) is 2. The van der Waals surface area contributed by atoms with Crippen LogP contribution in [0, 0.1) is 11.8 Å². The Morgan fingerprint density at radius 2 is 1.95 bits per heavy atom. The van der Waals surface area contributed by atoms with Gasteiger partial charge >= 0.3 is 5.97 Å². The van der Waals surface area contributed by atoms with E-state index in [-0.39, 0.29) is 23.7 Å². The van der Waals surface area contributed by atoms with Gasteiger partial charge in [0.05, 0.1) is 5.92 Å². The molecule has 0 saturated carbocycles. The average Bonchev–Trinajstić information content (AvgIpc) is 2.33. The first-order valence-corrected chi connectivity index (χ1v) is 7.40. The molecule has 6 heteroatoms. The lowest BCUT2D eigenvalue weighted by atomic mass is 9.96. The fraction of sp³-hybridized carbons (Fsp3) is 0.800. The number of carbonyl (C=O) groups is 3. The predicted octanol–water partition coefficient (Wildman–Crippen LogP) is 0.995. The second-order valence-corrected chi connectivity index (χ2v) is 6.80. The van der Waals surface area contributed by atoms with Gasteiger partial charge < -0.3 is 15.4 Å². The van der Waals surface area contributed by atoms with Crippen LogP contribution in [-0.2, 0) is 19.1 Å². The SMILES string of the molecule is CC(C)[C@H](NC(=O)C1CCC(=O)NC1)C(=O)OC(C)(C)C. The van der Waals surface area contributed by atoms with Gasteiger partial charge in [-0.3, -0.25) is 9.59 Å². The second-order valence-electron chi connectivity index (χ2n) is 6.80. The van der Waals surface area contributed by atoms with Gasteiger partial charge in [0.25, 0.3) is 0 Å². The van der Waals surface area contributed by atoms with Crippen LogP contribution in [0.5, 0.6) is 0 Å². The minimum atomic E-state index is -0.672. The van der Waals surface area contributed by atoms with Gasteiger partial charge in [-0.05, 0) is 33.1 Å². The molecule has 120 valence electrons. The van der Waals surface area contributed by atoms with Crippen molar-refractivity contribution in [1.29, 1.82) is 0 Å². The maximum atomic E-state index is 12.2. The summed E-state index contributed by atoms with van der Waals surface area (Å²) < 4.78 is 5.34. The zero-order valence-electron chi connectivity index (χ0n) is 13.5. The molecule has 0 aromatic carbocycles. The van der Waals surface area contributed by atoms with Crippen molar-refractivity contribution < 1.29 is 19.1 Å². The first-order valence-electron chi connectivity index (χ1n) is 7.40. The molecule has 1 saturated heterocycles. The number of carbonyl (C=O) groups excluding carboxylic acids is 3. The zero-order chi connectivity index (χ0) is 16.2. The van der Waals surface area contributed by atoms with E-state index >= 15 is 0 Å². The van der Waals surface area contributed by atoms with Crippen molar-refractivity contribution in [3.8, 4) is 0 Å². The Hall–Kier alpha value is -1.59. The fourth-order valence-corrected chi connectivity index (χ4v) is 2.09. The van der Waals surface area contributed by atoms with Gasteiger partial charge in [0, 0.05) is 13.0 Å². The van der Waals surface area contributed by atoms with E-state index < -0.39 is 17.6 Å². The zero-order valence-corrected chi connectivity index (χ0v) is 13.5. The molecule has 6 nitrogen and oxygen atoms in total. The molecule has 0 spiro atoms. The molecule has 0 aliphatic carbocycles. The Morgan fingerprint density at radius 3 is 2.38 bits per heavy atom. The highest BCUT2D eigenvalue weighted by atomic mass is 16.6. The summed E-state index contributed by atoms with van der Waals surface area (Å²) in [5.74, 6) is -1.02. The number of hydrogen-bond acceptors (Lipinski definition) is 4. The number of rotatable bonds is 4. The van der Waals surface area contributed by atoms with E-state index in [0.717, 1.165) is 0 Å². The Kier molecular flexibility index (Phi) is 5.75. The minimum absolute atomic E-state index is 0.0356. The van der Waals surface area contributed by atoms with Gasteiger partial charge in [0.15, 0.2) is 0 Å². The van der Waals surface area contributed by atoms with Crippen LogP contribution in [0.2, 0.25) is 0 Å². The largest absolute Gasteiger partial charge is 0.458 e. The van der Waals surface area contributed by atoms with Crippen LogP contribution >= 0.6 is 0 Å². The number of nitrogens with one attached hydrogen (secondary N) is 2. The molecule has 1 unspecified atom stereocenters. The summed E-state index contributed by atoms with van der Waals surface area (Å²) >= 11 is 0. The molecule has 2 atom stereocenters. The summed E-state index contributed by atoms with van der Waals surface area (Å²) in [4.78, 5) is 35.5. The Bertz CT molecular complexity index is 402. The van der Waals surface area contributed by atoms with E-state index in [1.54, 1.807) is 20.8 Å². The van der Waals surface area contributed by atoms with Gasteiger partial charge in [0.2, 0.25) is 11.8 Å². The van der Waals surface area contributed by atoms with Gasteiger partial charge in [0.1, 0.15) is 11.6 Å². The van der Waals surface area contributed by atoms with Gasteiger partial charge in [-0.15, -0.1) is 0 Å². The van der Waals surface area contributed by atoms with Crippen LogP contribution < -0.4 is 10.6 Å². The summed E-state index contributed by atoms with van der Waals surface area (Å²) in [6, 6.07) is -0.672. The molecule has 1 aliphatic heterocycles. The highest BCUT2D eigenvalue weighted by molar-refractivity contribution is 5.88. The van der Waals surface area contributed by atoms with Gasteiger partial charge in [-0.25, -0.2) is 4.79 Å². The van der Waals surface area contributed by atoms with Crippen molar-refractivity contribution in [1.82, 2.24) is 10.6 Å². The molecule has 1 aliphatic rings. The van der Waals surface area contributed by atoms with Crippen LogP contribution in [0.25, 0.3) is 0 Å². The van der Waals surface area contributed by atoms with Crippen molar-refractivity contribution in [2.45, 2.75) is 59.1 Å². The standard InChI is InChI=1S/C15H26N2O4/c1-9(2)12(14(20)21-15(3,4)5)17-13(19)10-6-7-11(18)16-8-10/h9-10,12H,6-8H2,1-5H3,(H,16,18)(H,17,19)/t10?,12-/m0/s1. The Morgan fingerprint density at radius 1 is 1.33 bits per heavy atom. The molecule has 21 heavy (non-hydrogen) atoms. The Labute approximate surface area is 126 Å². The van der Waals surface area contributed by atoms with E-state index in [9.17, 15) is 14.4 Å². The second kappa shape index (κ2) is 6.91. The van der Waals surface area contributed by atoms with Gasteiger partial charge in [-0.2, -0.15) is 0 Å². The fourth-order valence-electron chi connectivity index (χ4n) is 2.09. The van der Waals surface area contributed by atoms with Crippen LogP contribution in [0.1, 0.15) is 47.5 Å². The van der Waals surface area contributed by atoms with E-state index in [1.807, 2.05) is 13.8 Å². The normalized spacial score (nSPS) is 20.7. The maximum Gasteiger partial charge on any atom is 0.329 e. The number of esters is 1. The minimum Gasteiger partial charge on any atom is -0.458 e. The third-order valence-electron chi connectivity index (χ3n) is 3.26. The lowest BCUT2D eigenvalue weighted by Gasteiger charge is -2.28. The van der Waals surface area contributed by atoms with E-state index in [2.05, 4.69) is 10.6 Å². The van der Waals surface area contributed by atoms with Crippen molar-refractivity contribution in [2.75, 3.05) is 6.54 Å². The van der Waals surface area contributed by atoms with Crippen LogP contribution in [0.4, 0.5) is 0 Å². The van der Waals surface area contributed by atoms with Crippen molar-refractivity contribution in [2.24, 2.45) is 11.8 Å². The van der Waals surface area contributed by atoms with Gasteiger partial charge in [-0.1, -0.05) is 13.8 Å². The summed E-state index contributed by atoms with van der Waals surface area (Å²) in [5, 5.41) is 5.43. The molecule has 0 bridgehead atoms. The summed E-state index contributed by atoms with van der Waals surface area (Å²) in [6.07, 6.45) is 0.855. The van der Waals surface area contributed by atoms with Crippen molar-refractivity contribution in [3.05, 3.63) is 0 Å². The molecule has 0 aromatic heterocycles. The summed E-state index contributed by atoms with van der Waals surface area (Å²) in [7, 11) is 0. The van der Waals surface area contributed by atoms with Crippen LogP contribution in [0.3, 0.4) is 0 Å². The molecule has 1 fully saturated rings. The maximum absolute atomic E-state index is 12.2. The summed E-state index contributed by atoms with van der Waals surface area (Å²) in [6.45, 7) is 9.42. The van der Waals surface area contributed by atoms with Crippen LogP contribution in [0.15, 0.2) is 0 Å². The lowest BCUT2D eigenvalue weighted by Crippen LogP contribution is -2.51. The highest BCUT2D eigenvalue weighted by Crippen LogP contribution is 2.15. The predicted molar refractivity (Wildman–Crippen MR) is 78.3 cm³/mol. The van der Waals surface area contributed by atoms with Crippen molar-refractivity contribution >= 4 is 17.8 Å². The quantitative estimate of drug-likeness (QED) is 0.758. The molecular weight excluding hydrogens is 272 g/mol. The van der Waals surface area contributed by atoms with E-state index in [1.165, 1.54) is 0 Å². The summed E-state index contributed by atoms with van der Waals surface area (Å²) in [5.41, 5.74) is -0.590. The smallest absolute Gasteiger partial charge is 0.329 e. The molecule has 1 heterocycles. The third-order valence-corrected chi connectivity index (χ3v) is 3.26. The van der Waals surface area contributed by atoms with Crippen molar-refractivity contribution in [3.63, 3.8) is 0 Å². The number of ether oxygens (including phenoxy) is 1. The van der Waals surface area contributed by atoms with E-state index in [0.29, 0.717) is 19.4 Å². The first kappa shape index (κ1) is 17.5. The number of piperidine rings is 1. The molecule has 0 radical (unpaired) electrons. The average molecular weight is 298 g/mol. The molecular formula is C15H26N2O4. The Balaban J connectivity index is 2.63. The molecule has 2 N–H and O–H groups in total. The monoisotopic (exact) mass is 298 g/mol. The molecule has 0 aromatic rings. The van der Waals surface area contributed by atoms with E-state index in [4.69, 9.17) is 4.74 Å². The van der Waals surface area contributed by atoms with Crippen LogP contribution in [-0.4, -0.2) is 36.0 Å². The molecule has 1 rings (SSSR count). The third kappa shape index (κ3) is 5.73. The highest BCUT2D eigenvalue weighted by Gasteiger charge is 2.32. The molecule has 2 amide bonds. The topological polar surface area (TPSA) is 84.5 Å². The first-order chi connectivity index (χ1) is 9.60. The number of amides is 2.